The maximum atomic E-state index is 12.5. The molecule has 0 bridgehead atoms. The Morgan fingerprint density at radius 2 is 1.90 bits per heavy atom. The quantitative estimate of drug-likeness (QED) is 0.774. The van der Waals surface area contributed by atoms with Gasteiger partial charge in [-0.3, -0.25) is 9.59 Å². The highest BCUT2D eigenvalue weighted by Gasteiger charge is 2.40. The van der Waals surface area contributed by atoms with Gasteiger partial charge in [0.1, 0.15) is 0 Å². The third-order valence-electron chi connectivity index (χ3n) is 4.57. The molecule has 20 heavy (non-hydrogen) atoms. The van der Waals surface area contributed by atoms with Crippen molar-refractivity contribution in [3.63, 3.8) is 0 Å². The lowest BCUT2D eigenvalue weighted by molar-refractivity contribution is -0.154. The number of carbonyl (C=O) groups is 2. The Hall–Kier alpha value is -1.10. The molecule has 0 aliphatic carbocycles. The van der Waals surface area contributed by atoms with Crippen molar-refractivity contribution >= 4 is 11.9 Å². The molecule has 1 N–H and O–H groups in total. The van der Waals surface area contributed by atoms with E-state index in [0.717, 1.165) is 25.9 Å². The molecule has 1 saturated heterocycles. The fourth-order valence-electron chi connectivity index (χ4n) is 3.04. The number of carboxylic acid groups (broad SMARTS) is 1. The molecule has 1 amide bonds. The van der Waals surface area contributed by atoms with Crippen molar-refractivity contribution in [3.8, 4) is 0 Å². The van der Waals surface area contributed by atoms with Crippen LogP contribution in [0.15, 0.2) is 0 Å². The number of carbonyl (C=O) groups excluding carboxylic acids is 1. The standard InChI is InChI=1S/C15H28N2O3/c1-5-15(6-2,14(19)20)10-13(18)17-9-7-8-12(17)11-16(3)4/h12H,5-11H2,1-4H3,(H,19,20). The van der Waals surface area contributed by atoms with E-state index in [1.54, 1.807) is 0 Å². The van der Waals surface area contributed by atoms with Gasteiger partial charge in [0.2, 0.25) is 5.91 Å². The Morgan fingerprint density at radius 3 is 2.35 bits per heavy atom. The largest absolute Gasteiger partial charge is 0.481 e. The maximum absolute atomic E-state index is 12.5. The van der Waals surface area contributed by atoms with Crippen LogP contribution in [-0.2, 0) is 9.59 Å². The fourth-order valence-corrected chi connectivity index (χ4v) is 3.04. The number of rotatable bonds is 7. The summed E-state index contributed by atoms with van der Waals surface area (Å²) in [6.07, 6.45) is 3.15. The van der Waals surface area contributed by atoms with Crippen molar-refractivity contribution < 1.29 is 14.7 Å². The zero-order valence-electron chi connectivity index (χ0n) is 13.2. The van der Waals surface area contributed by atoms with Crippen LogP contribution in [0.4, 0.5) is 0 Å². The predicted octanol–water partition coefficient (Wildman–Crippen LogP) is 1.82. The molecule has 1 heterocycles. The highest BCUT2D eigenvalue weighted by Crippen LogP contribution is 2.33. The molecule has 1 aliphatic rings. The number of likely N-dealkylation sites (N-methyl/N-ethyl adjacent to an activating group) is 1. The van der Waals surface area contributed by atoms with Crippen LogP contribution >= 0.6 is 0 Å². The van der Waals surface area contributed by atoms with E-state index in [2.05, 4.69) is 4.90 Å². The van der Waals surface area contributed by atoms with Gasteiger partial charge in [-0.05, 0) is 39.8 Å². The Labute approximate surface area is 121 Å². The van der Waals surface area contributed by atoms with Gasteiger partial charge in [0.05, 0.1) is 5.41 Å². The molecule has 0 aromatic rings. The van der Waals surface area contributed by atoms with Gasteiger partial charge in [-0.2, -0.15) is 0 Å². The summed E-state index contributed by atoms with van der Waals surface area (Å²) in [7, 11) is 4.00. The number of nitrogens with zero attached hydrogens (tertiary/aromatic N) is 2. The normalized spacial score (nSPS) is 19.6. The Morgan fingerprint density at radius 1 is 1.30 bits per heavy atom. The Bertz CT molecular complexity index is 351. The molecule has 1 fully saturated rings. The zero-order valence-corrected chi connectivity index (χ0v) is 13.2. The van der Waals surface area contributed by atoms with Gasteiger partial charge in [-0.1, -0.05) is 13.8 Å². The van der Waals surface area contributed by atoms with Crippen molar-refractivity contribution in [2.75, 3.05) is 27.2 Å². The van der Waals surface area contributed by atoms with Crippen molar-refractivity contribution in [1.82, 2.24) is 9.80 Å². The molecular weight excluding hydrogens is 256 g/mol. The lowest BCUT2D eigenvalue weighted by atomic mass is 9.79. The van der Waals surface area contributed by atoms with Crippen LogP contribution in [0.5, 0.6) is 0 Å². The summed E-state index contributed by atoms with van der Waals surface area (Å²) < 4.78 is 0. The number of hydrogen-bond donors (Lipinski definition) is 1. The van der Waals surface area contributed by atoms with E-state index in [1.807, 2.05) is 32.8 Å². The monoisotopic (exact) mass is 284 g/mol. The van der Waals surface area contributed by atoms with E-state index in [4.69, 9.17) is 0 Å². The Kier molecular flexibility index (Phi) is 5.99. The number of likely N-dealkylation sites (tertiary alicyclic amines) is 1. The van der Waals surface area contributed by atoms with E-state index in [0.29, 0.717) is 12.8 Å². The second kappa shape index (κ2) is 7.07. The number of hydrogen-bond acceptors (Lipinski definition) is 3. The van der Waals surface area contributed by atoms with Gasteiger partial charge in [0.25, 0.3) is 0 Å². The molecule has 5 nitrogen and oxygen atoms in total. The van der Waals surface area contributed by atoms with Crippen LogP contribution in [0.1, 0.15) is 46.0 Å². The molecule has 5 heteroatoms. The van der Waals surface area contributed by atoms with Gasteiger partial charge >= 0.3 is 5.97 Å². The van der Waals surface area contributed by atoms with Crippen LogP contribution in [0.2, 0.25) is 0 Å². The van der Waals surface area contributed by atoms with Gasteiger partial charge in [-0.15, -0.1) is 0 Å². The molecule has 1 unspecified atom stereocenters. The van der Waals surface area contributed by atoms with Crippen molar-refractivity contribution in [1.29, 1.82) is 0 Å². The summed E-state index contributed by atoms with van der Waals surface area (Å²) >= 11 is 0. The topological polar surface area (TPSA) is 60.9 Å². The maximum Gasteiger partial charge on any atom is 0.310 e. The third-order valence-corrected chi connectivity index (χ3v) is 4.57. The SMILES string of the molecule is CCC(CC)(CC(=O)N1CCCC1CN(C)C)C(=O)O. The molecule has 0 radical (unpaired) electrons. The molecule has 1 atom stereocenters. The summed E-state index contributed by atoms with van der Waals surface area (Å²) in [5.74, 6) is -0.848. The van der Waals surface area contributed by atoms with E-state index >= 15 is 0 Å². The van der Waals surface area contributed by atoms with Crippen molar-refractivity contribution in [2.45, 2.75) is 52.0 Å². The number of amides is 1. The second-order valence-electron chi connectivity index (χ2n) is 6.11. The Balaban J connectivity index is 2.76. The molecule has 1 aliphatic heterocycles. The number of aliphatic carboxylic acids is 1. The minimum Gasteiger partial charge on any atom is -0.481 e. The van der Waals surface area contributed by atoms with E-state index in [1.165, 1.54) is 0 Å². The van der Waals surface area contributed by atoms with Gasteiger partial charge in [0.15, 0.2) is 0 Å². The first kappa shape index (κ1) is 17.0. The smallest absolute Gasteiger partial charge is 0.310 e. The van der Waals surface area contributed by atoms with Gasteiger partial charge in [-0.25, -0.2) is 0 Å². The predicted molar refractivity (Wildman–Crippen MR) is 78.6 cm³/mol. The molecule has 0 aromatic heterocycles. The van der Waals surface area contributed by atoms with E-state index in [9.17, 15) is 14.7 Å². The third kappa shape index (κ3) is 3.72. The molecule has 116 valence electrons. The summed E-state index contributed by atoms with van der Waals surface area (Å²) in [6.45, 7) is 5.32. The van der Waals surface area contributed by atoms with Gasteiger partial charge < -0.3 is 14.9 Å². The first-order valence-electron chi connectivity index (χ1n) is 7.54. The highest BCUT2D eigenvalue weighted by atomic mass is 16.4. The average molecular weight is 284 g/mol. The van der Waals surface area contributed by atoms with Gasteiger partial charge in [0, 0.05) is 25.6 Å². The highest BCUT2D eigenvalue weighted by molar-refractivity contribution is 5.85. The number of carboxylic acids is 1. The first-order chi connectivity index (χ1) is 9.36. The molecule has 0 saturated carbocycles. The average Bonchev–Trinajstić information content (AvgIpc) is 2.82. The fraction of sp³-hybridized carbons (Fsp3) is 0.867. The van der Waals surface area contributed by atoms with Crippen LogP contribution < -0.4 is 0 Å². The van der Waals surface area contributed by atoms with Crippen LogP contribution in [0.25, 0.3) is 0 Å². The molecular formula is C15H28N2O3. The minimum atomic E-state index is -0.900. The molecule has 0 aromatic carbocycles. The van der Waals surface area contributed by atoms with Crippen molar-refractivity contribution in [2.24, 2.45) is 5.41 Å². The van der Waals surface area contributed by atoms with Crippen LogP contribution in [0, 0.1) is 5.41 Å². The van der Waals surface area contributed by atoms with Crippen molar-refractivity contribution in [3.05, 3.63) is 0 Å². The summed E-state index contributed by atoms with van der Waals surface area (Å²) in [5.41, 5.74) is -0.900. The van der Waals surface area contributed by atoms with Crippen LogP contribution in [0.3, 0.4) is 0 Å². The van der Waals surface area contributed by atoms with Crippen LogP contribution in [-0.4, -0.2) is 60.0 Å². The lowest BCUT2D eigenvalue weighted by Gasteiger charge is -2.32. The summed E-state index contributed by atoms with van der Waals surface area (Å²) in [6, 6.07) is 0.234. The van der Waals surface area contributed by atoms with E-state index < -0.39 is 11.4 Å². The minimum absolute atomic E-state index is 0.000417. The molecule has 1 rings (SSSR count). The zero-order chi connectivity index (χ0) is 15.3. The summed E-state index contributed by atoms with van der Waals surface area (Å²) in [5, 5.41) is 9.45. The van der Waals surface area contributed by atoms with E-state index in [-0.39, 0.29) is 18.4 Å². The first-order valence-corrected chi connectivity index (χ1v) is 7.54. The second-order valence-corrected chi connectivity index (χ2v) is 6.11. The molecule has 0 spiro atoms. The summed E-state index contributed by atoms with van der Waals surface area (Å²) in [4.78, 5) is 28.0. The lowest BCUT2D eigenvalue weighted by Crippen LogP contribution is -2.44.